The molecule has 0 fully saturated rings. The van der Waals surface area contributed by atoms with Crippen molar-refractivity contribution in [2.24, 2.45) is 4.99 Å². The fourth-order valence-corrected chi connectivity index (χ4v) is 3.45. The third kappa shape index (κ3) is 3.92. The molecule has 1 unspecified atom stereocenters. The number of hydrogen-bond acceptors (Lipinski definition) is 5. The van der Waals surface area contributed by atoms with Gasteiger partial charge in [-0.2, -0.15) is 5.10 Å². The van der Waals surface area contributed by atoms with Gasteiger partial charge in [0.15, 0.2) is 11.8 Å². The summed E-state index contributed by atoms with van der Waals surface area (Å²) in [4.78, 5) is 14.5. The molecular weight excluding hydrogens is 322 g/mol. The summed E-state index contributed by atoms with van der Waals surface area (Å²) in [5, 5.41) is 12.5. The normalized spacial score (nSPS) is 17.9. The van der Waals surface area contributed by atoms with Crippen molar-refractivity contribution in [3.05, 3.63) is 27.7 Å². The Morgan fingerprint density at radius 1 is 1.50 bits per heavy atom. The number of aliphatic imine (C=N–C) groups is 1. The maximum Gasteiger partial charge on any atom is 0.191 e. The molecule has 0 saturated carbocycles. The molecule has 1 atom stereocenters. The highest BCUT2D eigenvalue weighted by Gasteiger charge is 2.23. The van der Waals surface area contributed by atoms with Crippen molar-refractivity contribution < 1.29 is 0 Å². The van der Waals surface area contributed by atoms with Crippen molar-refractivity contribution in [2.45, 2.75) is 58.7 Å². The molecule has 0 bridgehead atoms. The van der Waals surface area contributed by atoms with Gasteiger partial charge in [0.25, 0.3) is 0 Å². The smallest absolute Gasteiger partial charge is 0.191 e. The van der Waals surface area contributed by atoms with Crippen LogP contribution in [0.1, 0.15) is 47.7 Å². The summed E-state index contributed by atoms with van der Waals surface area (Å²) < 4.78 is 2.04. The zero-order valence-corrected chi connectivity index (χ0v) is 15.5. The Morgan fingerprint density at radius 2 is 2.33 bits per heavy atom. The highest BCUT2D eigenvalue weighted by molar-refractivity contribution is 7.11. The van der Waals surface area contributed by atoms with E-state index in [1.54, 1.807) is 18.4 Å². The second-order valence-electron chi connectivity index (χ2n) is 6.39. The minimum Gasteiger partial charge on any atom is -0.352 e. The van der Waals surface area contributed by atoms with Gasteiger partial charge < -0.3 is 10.6 Å². The Balaban J connectivity index is 1.56. The number of nitrogens with zero attached hydrogens (tertiary/aromatic N) is 5. The number of rotatable bonds is 4. The van der Waals surface area contributed by atoms with Gasteiger partial charge in [0.2, 0.25) is 0 Å². The van der Waals surface area contributed by atoms with Crippen LogP contribution in [0.15, 0.2) is 11.2 Å². The predicted molar refractivity (Wildman–Crippen MR) is 96.4 cm³/mol. The number of fused-ring (bicyclic) bond motifs is 1. The molecule has 1 aliphatic rings. The Bertz CT molecular complexity index is 716. The number of hydrogen-bond donors (Lipinski definition) is 2. The van der Waals surface area contributed by atoms with Gasteiger partial charge in [0.1, 0.15) is 10.8 Å². The van der Waals surface area contributed by atoms with Crippen LogP contribution >= 0.6 is 11.3 Å². The van der Waals surface area contributed by atoms with Crippen LogP contribution in [0.3, 0.4) is 0 Å². The second kappa shape index (κ2) is 7.29. The van der Waals surface area contributed by atoms with Gasteiger partial charge in [-0.1, -0.05) is 13.8 Å². The van der Waals surface area contributed by atoms with Gasteiger partial charge in [0, 0.05) is 36.5 Å². The van der Waals surface area contributed by atoms with Crippen molar-refractivity contribution in [3.63, 3.8) is 0 Å². The molecular formula is C16H25N7S. The van der Waals surface area contributed by atoms with Gasteiger partial charge >= 0.3 is 0 Å². The van der Waals surface area contributed by atoms with Crippen LogP contribution in [0.5, 0.6) is 0 Å². The molecule has 3 heterocycles. The predicted octanol–water partition coefficient (Wildman–Crippen LogP) is 1.85. The Labute approximate surface area is 146 Å². The molecule has 8 heteroatoms. The lowest BCUT2D eigenvalue weighted by Gasteiger charge is -2.25. The molecule has 2 aromatic heterocycles. The van der Waals surface area contributed by atoms with Crippen LogP contribution in [-0.4, -0.2) is 38.8 Å². The van der Waals surface area contributed by atoms with Gasteiger partial charge in [-0.15, -0.1) is 11.3 Å². The average Bonchev–Trinajstić information content (AvgIpc) is 3.17. The molecule has 0 radical (unpaired) electrons. The SMILES string of the molecule is CN=C(NCc1ncc(C)s1)NC1CCc2nc(C(C)C)nn2C1. The molecule has 7 nitrogen and oxygen atoms in total. The van der Waals surface area contributed by atoms with Crippen molar-refractivity contribution >= 4 is 17.3 Å². The fourth-order valence-electron chi connectivity index (χ4n) is 2.72. The highest BCUT2D eigenvalue weighted by atomic mass is 32.1. The summed E-state index contributed by atoms with van der Waals surface area (Å²) in [6, 6.07) is 0.309. The van der Waals surface area contributed by atoms with E-state index in [0.717, 1.165) is 42.0 Å². The van der Waals surface area contributed by atoms with Gasteiger partial charge in [-0.3, -0.25) is 4.99 Å². The van der Waals surface area contributed by atoms with Crippen LogP contribution in [-0.2, 0) is 19.5 Å². The van der Waals surface area contributed by atoms with E-state index in [1.807, 2.05) is 10.9 Å². The first-order valence-electron chi connectivity index (χ1n) is 8.37. The largest absolute Gasteiger partial charge is 0.352 e. The van der Waals surface area contributed by atoms with Crippen LogP contribution < -0.4 is 10.6 Å². The first-order valence-corrected chi connectivity index (χ1v) is 9.19. The molecule has 0 spiro atoms. The lowest BCUT2D eigenvalue weighted by Crippen LogP contribution is -2.46. The summed E-state index contributed by atoms with van der Waals surface area (Å²) in [5.74, 6) is 3.21. The van der Waals surface area contributed by atoms with Gasteiger partial charge in [-0.05, 0) is 13.3 Å². The van der Waals surface area contributed by atoms with Crippen molar-refractivity contribution in [1.82, 2.24) is 30.4 Å². The van der Waals surface area contributed by atoms with E-state index < -0.39 is 0 Å². The zero-order chi connectivity index (χ0) is 17.1. The quantitative estimate of drug-likeness (QED) is 0.652. The maximum absolute atomic E-state index is 4.63. The molecule has 1 aliphatic heterocycles. The van der Waals surface area contributed by atoms with Crippen molar-refractivity contribution in [3.8, 4) is 0 Å². The lowest BCUT2D eigenvalue weighted by atomic mass is 10.1. The molecule has 0 aromatic carbocycles. The number of thiazole rings is 1. The maximum atomic E-state index is 4.63. The number of aryl methyl sites for hydroxylation is 2. The zero-order valence-electron chi connectivity index (χ0n) is 14.7. The lowest BCUT2D eigenvalue weighted by molar-refractivity contribution is 0.391. The summed E-state index contributed by atoms with van der Waals surface area (Å²) in [5.41, 5.74) is 0. The topological polar surface area (TPSA) is 80.0 Å². The Morgan fingerprint density at radius 3 is 3.00 bits per heavy atom. The minimum absolute atomic E-state index is 0.309. The third-order valence-electron chi connectivity index (χ3n) is 4.03. The van der Waals surface area contributed by atoms with E-state index in [9.17, 15) is 0 Å². The molecule has 2 aromatic rings. The molecule has 3 rings (SSSR count). The Kier molecular flexibility index (Phi) is 5.13. The summed E-state index contributed by atoms with van der Waals surface area (Å²) in [6.45, 7) is 7.84. The van der Waals surface area contributed by atoms with E-state index in [2.05, 4.69) is 51.5 Å². The first-order chi connectivity index (χ1) is 11.5. The highest BCUT2D eigenvalue weighted by Crippen LogP contribution is 2.17. The first kappa shape index (κ1) is 16.9. The number of guanidine groups is 1. The van der Waals surface area contributed by atoms with E-state index in [1.165, 1.54) is 4.88 Å². The molecule has 2 N–H and O–H groups in total. The minimum atomic E-state index is 0.309. The number of nitrogens with one attached hydrogen (secondary N) is 2. The van der Waals surface area contributed by atoms with Gasteiger partial charge in [-0.25, -0.2) is 14.6 Å². The summed E-state index contributed by atoms with van der Waals surface area (Å²) >= 11 is 1.70. The molecule has 0 aliphatic carbocycles. The summed E-state index contributed by atoms with van der Waals surface area (Å²) in [6.07, 6.45) is 3.88. The van der Waals surface area contributed by atoms with Crippen molar-refractivity contribution in [2.75, 3.05) is 7.05 Å². The molecule has 130 valence electrons. The molecule has 0 saturated heterocycles. The van der Waals surface area contributed by atoms with Crippen LogP contribution in [0.4, 0.5) is 0 Å². The fraction of sp³-hybridized carbons (Fsp3) is 0.625. The average molecular weight is 347 g/mol. The second-order valence-corrected chi connectivity index (χ2v) is 7.71. The van der Waals surface area contributed by atoms with Crippen molar-refractivity contribution in [1.29, 1.82) is 0 Å². The Hall–Kier alpha value is -1.96. The van der Waals surface area contributed by atoms with Crippen LogP contribution in [0, 0.1) is 6.92 Å². The standard InChI is InChI=1S/C16H25N7S/c1-10(2)15-21-13-6-5-12(9-23(13)22-15)20-16(17-4)19-8-14-18-7-11(3)24-14/h7,10,12H,5-6,8-9H2,1-4H3,(H2,17,19,20). The van der Waals surface area contributed by atoms with E-state index in [0.29, 0.717) is 18.5 Å². The van der Waals surface area contributed by atoms with Crippen LogP contribution in [0.25, 0.3) is 0 Å². The summed E-state index contributed by atoms with van der Waals surface area (Å²) in [7, 11) is 1.79. The number of aromatic nitrogens is 4. The van der Waals surface area contributed by atoms with E-state index in [-0.39, 0.29) is 0 Å². The van der Waals surface area contributed by atoms with Crippen LogP contribution in [0.2, 0.25) is 0 Å². The third-order valence-corrected chi connectivity index (χ3v) is 4.94. The monoisotopic (exact) mass is 347 g/mol. The molecule has 24 heavy (non-hydrogen) atoms. The van der Waals surface area contributed by atoms with E-state index in [4.69, 9.17) is 0 Å². The van der Waals surface area contributed by atoms with Gasteiger partial charge in [0.05, 0.1) is 13.1 Å². The van der Waals surface area contributed by atoms with E-state index >= 15 is 0 Å². The molecule has 0 amide bonds.